The fourth-order valence-corrected chi connectivity index (χ4v) is 1.86. The summed E-state index contributed by atoms with van der Waals surface area (Å²) in [6, 6.07) is 3.80. The maximum atomic E-state index is 12.9. The zero-order valence-corrected chi connectivity index (χ0v) is 9.45. The molecule has 1 atom stereocenters. The third-order valence-corrected chi connectivity index (χ3v) is 2.89. The van der Waals surface area contributed by atoms with Gasteiger partial charge in [-0.15, -0.1) is 0 Å². The number of phenols is 1. The number of phenolic OH excluding ortho intramolecular Hbond substituents is 1. The number of halogens is 1. The zero-order valence-electron chi connectivity index (χ0n) is 9.45. The minimum Gasteiger partial charge on any atom is -0.508 e. The van der Waals surface area contributed by atoms with Crippen LogP contribution in [-0.4, -0.2) is 35.6 Å². The number of rotatable bonds is 4. The molecular formula is C12H16FNO3. The fourth-order valence-electron chi connectivity index (χ4n) is 1.86. The number of aliphatic hydroxyl groups is 1. The van der Waals surface area contributed by atoms with E-state index in [1.54, 1.807) is 0 Å². The maximum absolute atomic E-state index is 12.9. The van der Waals surface area contributed by atoms with E-state index in [4.69, 9.17) is 4.74 Å². The monoisotopic (exact) mass is 241 g/mol. The van der Waals surface area contributed by atoms with Gasteiger partial charge in [-0.2, -0.15) is 0 Å². The fraction of sp³-hybridized carbons (Fsp3) is 0.500. The second kappa shape index (κ2) is 5.00. The molecule has 0 spiro atoms. The van der Waals surface area contributed by atoms with Crippen LogP contribution in [0, 0.1) is 5.82 Å². The van der Waals surface area contributed by atoms with E-state index in [-0.39, 0.29) is 11.6 Å². The number of ether oxygens (including phenoxy) is 1. The van der Waals surface area contributed by atoms with E-state index in [1.807, 2.05) is 0 Å². The van der Waals surface area contributed by atoms with E-state index < -0.39 is 5.60 Å². The normalized spacial score (nSPS) is 24.1. The van der Waals surface area contributed by atoms with Crippen LogP contribution in [0.2, 0.25) is 0 Å². The Bertz CT molecular complexity index is 391. The Morgan fingerprint density at radius 2 is 2.29 bits per heavy atom. The summed E-state index contributed by atoms with van der Waals surface area (Å²) in [5.41, 5.74) is -0.365. The van der Waals surface area contributed by atoms with Crippen molar-refractivity contribution in [3.05, 3.63) is 29.6 Å². The van der Waals surface area contributed by atoms with Crippen molar-refractivity contribution < 1.29 is 19.3 Å². The minimum absolute atomic E-state index is 0.0496. The third kappa shape index (κ3) is 3.15. The van der Waals surface area contributed by atoms with Gasteiger partial charge in [-0.25, -0.2) is 4.39 Å². The van der Waals surface area contributed by atoms with Gasteiger partial charge in [0.2, 0.25) is 0 Å². The summed E-state index contributed by atoms with van der Waals surface area (Å²) in [5, 5.41) is 22.5. The SMILES string of the molecule is Oc1ccc(F)cc1CNCC1(O)CCOC1. The van der Waals surface area contributed by atoms with Gasteiger partial charge in [-0.1, -0.05) is 0 Å². The molecule has 1 heterocycles. The molecule has 17 heavy (non-hydrogen) atoms. The zero-order chi connectivity index (χ0) is 12.3. The van der Waals surface area contributed by atoms with Crippen molar-refractivity contribution in [3.63, 3.8) is 0 Å². The molecule has 1 aromatic rings. The van der Waals surface area contributed by atoms with Crippen molar-refractivity contribution in [2.45, 2.75) is 18.6 Å². The van der Waals surface area contributed by atoms with Crippen LogP contribution in [0.4, 0.5) is 4.39 Å². The molecule has 1 aromatic carbocycles. The summed E-state index contributed by atoms with van der Waals surface area (Å²) in [6.07, 6.45) is 0.592. The molecule has 3 N–H and O–H groups in total. The third-order valence-electron chi connectivity index (χ3n) is 2.89. The first-order chi connectivity index (χ1) is 8.09. The minimum atomic E-state index is -0.844. The topological polar surface area (TPSA) is 61.7 Å². The van der Waals surface area contributed by atoms with Crippen LogP contribution < -0.4 is 5.32 Å². The predicted molar refractivity (Wildman–Crippen MR) is 60.2 cm³/mol. The first-order valence-corrected chi connectivity index (χ1v) is 5.57. The Labute approximate surface area is 99.0 Å². The Morgan fingerprint density at radius 1 is 1.47 bits per heavy atom. The van der Waals surface area contributed by atoms with Crippen LogP contribution in [0.3, 0.4) is 0 Å². The number of nitrogens with one attached hydrogen (secondary N) is 1. The summed E-state index contributed by atoms with van der Waals surface area (Å²) in [6.45, 7) is 1.55. The number of hydrogen-bond acceptors (Lipinski definition) is 4. The van der Waals surface area contributed by atoms with Crippen molar-refractivity contribution in [2.24, 2.45) is 0 Å². The van der Waals surface area contributed by atoms with E-state index in [0.717, 1.165) is 0 Å². The average Bonchev–Trinajstić information content (AvgIpc) is 2.71. The van der Waals surface area contributed by atoms with Crippen LogP contribution in [0.15, 0.2) is 18.2 Å². The summed E-state index contributed by atoms with van der Waals surface area (Å²) in [7, 11) is 0. The maximum Gasteiger partial charge on any atom is 0.123 e. The van der Waals surface area contributed by atoms with Crippen LogP contribution in [0.25, 0.3) is 0 Å². The molecule has 1 unspecified atom stereocenters. The molecule has 1 saturated heterocycles. The van der Waals surface area contributed by atoms with E-state index in [1.165, 1.54) is 18.2 Å². The van der Waals surface area contributed by atoms with Crippen LogP contribution in [-0.2, 0) is 11.3 Å². The number of aromatic hydroxyl groups is 1. The predicted octanol–water partition coefficient (Wildman–Crippen LogP) is 0.772. The largest absolute Gasteiger partial charge is 0.508 e. The molecule has 0 bridgehead atoms. The molecular weight excluding hydrogens is 225 g/mol. The standard InChI is InChI=1S/C12H16FNO3/c13-10-1-2-11(15)9(5-10)6-14-7-12(16)3-4-17-8-12/h1-2,5,14-16H,3-4,6-8H2. The van der Waals surface area contributed by atoms with Crippen molar-refractivity contribution in [3.8, 4) is 5.75 Å². The Hall–Kier alpha value is -1.17. The Morgan fingerprint density at radius 3 is 3.00 bits per heavy atom. The molecule has 4 nitrogen and oxygen atoms in total. The molecule has 2 rings (SSSR count). The van der Waals surface area contributed by atoms with E-state index in [9.17, 15) is 14.6 Å². The molecule has 5 heteroatoms. The summed E-state index contributed by atoms with van der Waals surface area (Å²) in [5.74, 6) is -0.337. The molecule has 1 aliphatic heterocycles. The Balaban J connectivity index is 1.87. The van der Waals surface area contributed by atoms with Crippen LogP contribution in [0.5, 0.6) is 5.75 Å². The van der Waals surface area contributed by atoms with Crippen molar-refractivity contribution >= 4 is 0 Å². The lowest BCUT2D eigenvalue weighted by Crippen LogP contribution is -2.40. The first-order valence-electron chi connectivity index (χ1n) is 5.57. The second-order valence-corrected chi connectivity index (χ2v) is 4.40. The van der Waals surface area contributed by atoms with Gasteiger partial charge < -0.3 is 20.3 Å². The first kappa shape index (κ1) is 12.3. The van der Waals surface area contributed by atoms with Gasteiger partial charge in [-0.3, -0.25) is 0 Å². The highest BCUT2D eigenvalue weighted by molar-refractivity contribution is 5.32. The molecule has 0 saturated carbocycles. The molecule has 0 radical (unpaired) electrons. The summed E-state index contributed by atoms with van der Waals surface area (Å²) >= 11 is 0. The number of benzene rings is 1. The van der Waals surface area contributed by atoms with Crippen LogP contribution in [0.1, 0.15) is 12.0 Å². The van der Waals surface area contributed by atoms with Gasteiger partial charge in [0.1, 0.15) is 17.2 Å². The summed E-state index contributed by atoms with van der Waals surface area (Å²) < 4.78 is 18.0. The smallest absolute Gasteiger partial charge is 0.123 e. The highest BCUT2D eigenvalue weighted by Crippen LogP contribution is 2.19. The van der Waals surface area contributed by atoms with E-state index in [2.05, 4.69) is 5.32 Å². The molecule has 0 amide bonds. The molecule has 1 fully saturated rings. The van der Waals surface area contributed by atoms with Crippen LogP contribution >= 0.6 is 0 Å². The van der Waals surface area contributed by atoms with E-state index >= 15 is 0 Å². The van der Waals surface area contributed by atoms with Crippen molar-refractivity contribution in [2.75, 3.05) is 19.8 Å². The van der Waals surface area contributed by atoms with Gasteiger partial charge in [0.15, 0.2) is 0 Å². The molecule has 94 valence electrons. The summed E-state index contributed by atoms with van der Waals surface area (Å²) in [4.78, 5) is 0. The Kier molecular flexibility index (Phi) is 3.61. The second-order valence-electron chi connectivity index (χ2n) is 4.40. The lowest BCUT2D eigenvalue weighted by Gasteiger charge is -2.20. The lowest BCUT2D eigenvalue weighted by molar-refractivity contribution is 0.0268. The molecule has 1 aliphatic rings. The van der Waals surface area contributed by atoms with Gasteiger partial charge in [0.05, 0.1) is 6.61 Å². The van der Waals surface area contributed by atoms with Gasteiger partial charge in [0, 0.05) is 31.7 Å². The average molecular weight is 241 g/mol. The quantitative estimate of drug-likeness (QED) is 0.728. The van der Waals surface area contributed by atoms with Crippen molar-refractivity contribution in [1.29, 1.82) is 0 Å². The number of hydrogen-bond donors (Lipinski definition) is 3. The van der Waals surface area contributed by atoms with Gasteiger partial charge >= 0.3 is 0 Å². The molecule has 0 aliphatic carbocycles. The highest BCUT2D eigenvalue weighted by atomic mass is 19.1. The van der Waals surface area contributed by atoms with Gasteiger partial charge in [-0.05, 0) is 18.2 Å². The highest BCUT2D eigenvalue weighted by Gasteiger charge is 2.31. The molecule has 0 aromatic heterocycles. The van der Waals surface area contributed by atoms with Crippen molar-refractivity contribution in [1.82, 2.24) is 5.32 Å². The lowest BCUT2D eigenvalue weighted by atomic mass is 10.0. The van der Waals surface area contributed by atoms with Gasteiger partial charge in [0.25, 0.3) is 0 Å². The van der Waals surface area contributed by atoms with E-state index in [0.29, 0.717) is 38.3 Å².